The number of fused-ring (bicyclic) bond motifs is 1. The molecule has 216 valence electrons. The van der Waals surface area contributed by atoms with Gasteiger partial charge in [0.25, 0.3) is 0 Å². The fraction of sp³-hybridized carbons (Fsp3) is 0.483. The van der Waals surface area contributed by atoms with Crippen LogP contribution in [0.15, 0.2) is 30.5 Å². The Morgan fingerprint density at radius 2 is 1.83 bits per heavy atom. The van der Waals surface area contributed by atoms with Crippen LogP contribution in [-0.2, 0) is 22.6 Å². The van der Waals surface area contributed by atoms with Gasteiger partial charge in [-0.3, -0.25) is 14.3 Å². The maximum Gasteiger partial charge on any atom is 0.410 e. The van der Waals surface area contributed by atoms with Gasteiger partial charge in [0.2, 0.25) is 11.9 Å². The Morgan fingerprint density at radius 3 is 2.56 bits per heavy atom. The number of halogens is 2. The molecular formula is C29H33Cl2N7O3. The molecule has 1 saturated heterocycles. The van der Waals surface area contributed by atoms with Crippen molar-refractivity contribution in [1.82, 2.24) is 29.3 Å². The highest BCUT2D eigenvalue weighted by Gasteiger charge is 2.36. The summed E-state index contributed by atoms with van der Waals surface area (Å²) in [4.78, 5) is 43.4. The van der Waals surface area contributed by atoms with Gasteiger partial charge >= 0.3 is 6.09 Å². The predicted octanol–water partition coefficient (Wildman–Crippen LogP) is 5.70. The third-order valence-electron chi connectivity index (χ3n) is 7.43. The number of amides is 2. The standard InChI is InChI=1S/C29H33Cl2N7O3/c1-29(2,3)41-28(40)37-15-22-23(16-37)38(25(34-22)18-8-9-20(30)21(31)13-18)24-10-11-32-27(35-24)33-19-5-4-12-36(14-19)26(39)17-6-7-17/h8-11,13,17,19H,4-7,12,14-16H2,1-3H3,(H,32,33,35)/t19-/m0/s1. The summed E-state index contributed by atoms with van der Waals surface area (Å²) in [6.07, 6.45) is 5.17. The van der Waals surface area contributed by atoms with Crippen LogP contribution in [0.3, 0.4) is 0 Å². The summed E-state index contributed by atoms with van der Waals surface area (Å²) in [6, 6.07) is 7.25. The van der Waals surface area contributed by atoms with E-state index in [9.17, 15) is 9.59 Å². The van der Waals surface area contributed by atoms with Crippen LogP contribution >= 0.6 is 23.2 Å². The van der Waals surface area contributed by atoms with Gasteiger partial charge < -0.3 is 15.0 Å². The molecule has 0 unspecified atom stereocenters. The molecule has 2 amide bonds. The number of rotatable bonds is 5. The summed E-state index contributed by atoms with van der Waals surface area (Å²) in [5, 5.41) is 4.32. The SMILES string of the molecule is CC(C)(C)OC(=O)N1Cc2nc(-c3ccc(Cl)c(Cl)c3)n(-c3ccnc(N[C@H]4CCCN(C(=O)C5CC5)C4)n3)c2C1. The summed E-state index contributed by atoms with van der Waals surface area (Å²) in [5.41, 5.74) is 1.75. The lowest BCUT2D eigenvalue weighted by atomic mass is 10.1. The number of imidazole rings is 1. The van der Waals surface area contributed by atoms with Gasteiger partial charge in [-0.1, -0.05) is 23.2 Å². The van der Waals surface area contributed by atoms with Gasteiger partial charge in [-0.2, -0.15) is 4.98 Å². The zero-order valence-electron chi connectivity index (χ0n) is 23.4. The van der Waals surface area contributed by atoms with E-state index in [1.807, 2.05) is 42.4 Å². The Balaban J connectivity index is 1.31. The number of ether oxygens (including phenoxy) is 1. The number of carbonyl (C=O) groups is 2. The quantitative estimate of drug-likeness (QED) is 0.402. The highest BCUT2D eigenvalue weighted by atomic mass is 35.5. The lowest BCUT2D eigenvalue weighted by Crippen LogP contribution is -2.45. The molecule has 4 heterocycles. The van der Waals surface area contributed by atoms with Crippen LogP contribution in [-0.4, -0.2) is 66.1 Å². The summed E-state index contributed by atoms with van der Waals surface area (Å²) in [7, 11) is 0. The smallest absolute Gasteiger partial charge is 0.410 e. The number of nitrogens with zero attached hydrogens (tertiary/aromatic N) is 6. The van der Waals surface area contributed by atoms with Crippen molar-refractivity contribution < 1.29 is 14.3 Å². The molecule has 1 atom stereocenters. The first-order chi connectivity index (χ1) is 19.6. The minimum atomic E-state index is -0.608. The summed E-state index contributed by atoms with van der Waals surface area (Å²) >= 11 is 12.6. The van der Waals surface area contributed by atoms with Gasteiger partial charge in [-0.25, -0.2) is 14.8 Å². The number of carbonyl (C=O) groups excluding carboxylic acids is 2. The van der Waals surface area contributed by atoms with Crippen molar-refractivity contribution in [3.8, 4) is 17.2 Å². The van der Waals surface area contributed by atoms with Gasteiger partial charge in [0.05, 0.1) is 34.5 Å². The molecule has 12 heteroatoms. The first-order valence-electron chi connectivity index (χ1n) is 14.0. The number of benzene rings is 1. The molecule has 0 spiro atoms. The minimum Gasteiger partial charge on any atom is -0.444 e. The van der Waals surface area contributed by atoms with Gasteiger partial charge in [-0.05, 0) is 70.7 Å². The molecule has 0 radical (unpaired) electrons. The van der Waals surface area contributed by atoms with Crippen LogP contribution in [0.25, 0.3) is 17.2 Å². The molecule has 1 saturated carbocycles. The number of hydrogen-bond donors (Lipinski definition) is 1. The molecule has 0 bridgehead atoms. The average Bonchev–Trinajstić information content (AvgIpc) is 3.59. The van der Waals surface area contributed by atoms with Gasteiger partial charge in [-0.15, -0.1) is 0 Å². The van der Waals surface area contributed by atoms with E-state index < -0.39 is 11.7 Å². The number of hydrogen-bond acceptors (Lipinski definition) is 7. The molecule has 1 N–H and O–H groups in total. The second-order valence-electron chi connectivity index (χ2n) is 11.9. The van der Waals surface area contributed by atoms with Crippen LogP contribution in [0, 0.1) is 5.92 Å². The topological polar surface area (TPSA) is 105 Å². The lowest BCUT2D eigenvalue weighted by molar-refractivity contribution is -0.133. The van der Waals surface area contributed by atoms with Crippen molar-refractivity contribution in [3.05, 3.63) is 51.9 Å². The van der Waals surface area contributed by atoms with Crippen molar-refractivity contribution in [2.24, 2.45) is 5.92 Å². The Morgan fingerprint density at radius 1 is 1.02 bits per heavy atom. The van der Waals surface area contributed by atoms with E-state index >= 15 is 0 Å². The maximum absolute atomic E-state index is 12.9. The third-order valence-corrected chi connectivity index (χ3v) is 8.17. The maximum atomic E-state index is 12.9. The summed E-state index contributed by atoms with van der Waals surface area (Å²) in [5.74, 6) is 2.18. The third kappa shape index (κ3) is 5.99. The van der Waals surface area contributed by atoms with Crippen LogP contribution in [0.4, 0.5) is 10.7 Å². The summed E-state index contributed by atoms with van der Waals surface area (Å²) < 4.78 is 7.55. The van der Waals surface area contributed by atoms with E-state index in [0.29, 0.717) is 47.3 Å². The first kappa shape index (κ1) is 27.8. The fourth-order valence-electron chi connectivity index (χ4n) is 5.35. The molecule has 2 aliphatic heterocycles. The number of aromatic nitrogens is 4. The molecule has 2 aromatic heterocycles. The zero-order chi connectivity index (χ0) is 28.9. The van der Waals surface area contributed by atoms with E-state index in [1.54, 1.807) is 23.2 Å². The van der Waals surface area contributed by atoms with Gasteiger partial charge in [0.15, 0.2) is 0 Å². The number of piperidine rings is 1. The van der Waals surface area contributed by atoms with Crippen molar-refractivity contribution in [3.63, 3.8) is 0 Å². The molecule has 1 aliphatic carbocycles. The second kappa shape index (κ2) is 10.8. The van der Waals surface area contributed by atoms with E-state index in [1.165, 1.54) is 0 Å². The van der Waals surface area contributed by atoms with Crippen LogP contribution in [0.5, 0.6) is 0 Å². The van der Waals surface area contributed by atoms with Crippen LogP contribution in [0.2, 0.25) is 10.0 Å². The number of likely N-dealkylation sites (tertiary alicyclic amines) is 1. The van der Waals surface area contributed by atoms with Crippen molar-refractivity contribution >= 4 is 41.2 Å². The molecule has 2 fully saturated rings. The molecular weight excluding hydrogens is 565 g/mol. The van der Waals surface area contributed by atoms with Gasteiger partial charge in [0, 0.05) is 36.8 Å². The normalized spacial score (nSPS) is 18.8. The number of anilines is 1. The highest BCUT2D eigenvalue weighted by molar-refractivity contribution is 6.42. The predicted molar refractivity (Wildman–Crippen MR) is 156 cm³/mol. The van der Waals surface area contributed by atoms with Crippen molar-refractivity contribution in [2.75, 3.05) is 18.4 Å². The van der Waals surface area contributed by atoms with Crippen LogP contribution in [0.1, 0.15) is 57.8 Å². The number of nitrogens with one attached hydrogen (secondary N) is 1. The molecule has 3 aromatic rings. The molecule has 10 nitrogen and oxygen atoms in total. The Bertz CT molecular complexity index is 1500. The average molecular weight is 599 g/mol. The zero-order valence-corrected chi connectivity index (χ0v) is 24.9. The molecule has 41 heavy (non-hydrogen) atoms. The van der Waals surface area contributed by atoms with Crippen molar-refractivity contribution in [2.45, 2.75) is 71.2 Å². The monoisotopic (exact) mass is 597 g/mol. The molecule has 3 aliphatic rings. The molecule has 6 rings (SSSR count). The van der Waals surface area contributed by atoms with E-state index in [2.05, 4.69) is 10.3 Å². The van der Waals surface area contributed by atoms with Gasteiger partial charge in [0.1, 0.15) is 17.2 Å². The Hall–Kier alpha value is -3.37. The van der Waals surface area contributed by atoms with E-state index in [4.69, 9.17) is 37.9 Å². The first-order valence-corrected chi connectivity index (χ1v) is 14.7. The Labute approximate surface area is 249 Å². The fourth-order valence-corrected chi connectivity index (χ4v) is 5.64. The summed E-state index contributed by atoms with van der Waals surface area (Å²) in [6.45, 7) is 7.60. The minimum absolute atomic E-state index is 0.0624. The second-order valence-corrected chi connectivity index (χ2v) is 12.7. The van der Waals surface area contributed by atoms with E-state index in [-0.39, 0.29) is 17.9 Å². The highest BCUT2D eigenvalue weighted by Crippen LogP contribution is 2.35. The largest absolute Gasteiger partial charge is 0.444 e. The van der Waals surface area contributed by atoms with E-state index in [0.717, 1.165) is 49.2 Å². The Kier molecular flexibility index (Phi) is 7.32. The van der Waals surface area contributed by atoms with Crippen molar-refractivity contribution in [1.29, 1.82) is 0 Å². The molecule has 1 aromatic carbocycles. The lowest BCUT2D eigenvalue weighted by Gasteiger charge is -2.33. The van der Waals surface area contributed by atoms with Crippen LogP contribution < -0.4 is 5.32 Å².